The lowest BCUT2D eigenvalue weighted by molar-refractivity contribution is 0.600. The van der Waals surface area contributed by atoms with Gasteiger partial charge in [-0.1, -0.05) is 30.0 Å². The topological polar surface area (TPSA) is 60.2 Å². The van der Waals surface area contributed by atoms with Crippen molar-refractivity contribution in [1.82, 2.24) is 0 Å². The van der Waals surface area contributed by atoms with Crippen molar-refractivity contribution in [2.24, 2.45) is 5.14 Å². The van der Waals surface area contributed by atoms with E-state index in [9.17, 15) is 8.42 Å². The summed E-state index contributed by atoms with van der Waals surface area (Å²) in [6.07, 6.45) is 0. The molecule has 1 heterocycles. The first-order valence-corrected chi connectivity index (χ1v) is 7.12. The second kappa shape index (κ2) is 4.72. The van der Waals surface area contributed by atoms with Crippen LogP contribution in [0.25, 0.3) is 0 Å². The van der Waals surface area contributed by atoms with Gasteiger partial charge in [-0.2, -0.15) is 0 Å². The molecular weight excluding hydrogens is 254 g/mol. The van der Waals surface area contributed by atoms with Crippen molar-refractivity contribution < 1.29 is 8.42 Å². The average molecular weight is 263 g/mol. The molecule has 1 aromatic heterocycles. The molecule has 5 heteroatoms. The normalized spacial score (nSPS) is 10.6. The van der Waals surface area contributed by atoms with Crippen LogP contribution in [0.5, 0.6) is 0 Å². The van der Waals surface area contributed by atoms with Gasteiger partial charge in [0, 0.05) is 5.56 Å². The van der Waals surface area contributed by atoms with Gasteiger partial charge in [-0.15, -0.1) is 11.3 Å². The summed E-state index contributed by atoms with van der Waals surface area (Å²) < 4.78 is 22.3. The Bertz CT molecular complexity index is 676. The van der Waals surface area contributed by atoms with E-state index in [1.165, 1.54) is 6.07 Å². The van der Waals surface area contributed by atoms with E-state index >= 15 is 0 Å². The predicted octanol–water partition coefficient (Wildman–Crippen LogP) is 1.80. The van der Waals surface area contributed by atoms with Crippen LogP contribution in [0.2, 0.25) is 0 Å². The maximum atomic E-state index is 11.1. The zero-order valence-corrected chi connectivity index (χ0v) is 10.4. The lowest BCUT2D eigenvalue weighted by Gasteiger charge is -1.88. The van der Waals surface area contributed by atoms with Gasteiger partial charge in [-0.25, -0.2) is 13.6 Å². The molecule has 0 unspecified atom stereocenters. The maximum Gasteiger partial charge on any atom is 0.247 e. The third kappa shape index (κ3) is 3.17. The number of rotatable bonds is 1. The Morgan fingerprint density at radius 1 is 1.00 bits per heavy atom. The average Bonchev–Trinajstić information content (AvgIpc) is 2.76. The van der Waals surface area contributed by atoms with Crippen molar-refractivity contribution in [1.29, 1.82) is 0 Å². The fourth-order valence-electron chi connectivity index (χ4n) is 1.20. The molecule has 86 valence electrons. The molecule has 2 N–H and O–H groups in total. The SMILES string of the molecule is NS(=O)(=O)c1ccc(C#Cc2ccccc2)s1. The number of nitrogens with two attached hydrogens (primary N) is 1. The van der Waals surface area contributed by atoms with E-state index in [1.54, 1.807) is 6.07 Å². The first-order valence-electron chi connectivity index (χ1n) is 4.75. The summed E-state index contributed by atoms with van der Waals surface area (Å²) in [4.78, 5) is 0.679. The van der Waals surface area contributed by atoms with E-state index in [-0.39, 0.29) is 4.21 Å². The Balaban J connectivity index is 2.27. The van der Waals surface area contributed by atoms with E-state index in [0.29, 0.717) is 4.88 Å². The fourth-order valence-corrected chi connectivity index (χ4v) is 2.78. The largest absolute Gasteiger partial charge is 0.247 e. The number of primary sulfonamides is 1. The molecule has 0 aliphatic heterocycles. The summed E-state index contributed by atoms with van der Waals surface area (Å²) in [7, 11) is -3.61. The van der Waals surface area contributed by atoms with Crippen molar-refractivity contribution in [3.05, 3.63) is 52.9 Å². The number of hydrogen-bond donors (Lipinski definition) is 1. The van der Waals surface area contributed by atoms with Crippen molar-refractivity contribution in [2.45, 2.75) is 4.21 Å². The molecule has 0 saturated heterocycles. The molecule has 0 aliphatic carbocycles. The molecule has 0 atom stereocenters. The molecule has 0 saturated carbocycles. The van der Waals surface area contributed by atoms with Crippen molar-refractivity contribution >= 4 is 21.4 Å². The number of sulfonamides is 1. The lowest BCUT2D eigenvalue weighted by Crippen LogP contribution is -2.09. The summed E-state index contributed by atoms with van der Waals surface area (Å²) in [6.45, 7) is 0. The van der Waals surface area contributed by atoms with Gasteiger partial charge in [0.2, 0.25) is 10.0 Å². The summed E-state index contributed by atoms with van der Waals surface area (Å²) in [5.74, 6) is 5.85. The highest BCUT2D eigenvalue weighted by atomic mass is 32.2. The van der Waals surface area contributed by atoms with Crippen LogP contribution in [0.4, 0.5) is 0 Å². The minimum atomic E-state index is -3.61. The highest BCUT2D eigenvalue weighted by molar-refractivity contribution is 7.91. The smallest absolute Gasteiger partial charge is 0.224 e. The number of thiophene rings is 1. The zero-order chi connectivity index (χ0) is 12.3. The Morgan fingerprint density at radius 3 is 2.29 bits per heavy atom. The highest BCUT2D eigenvalue weighted by Gasteiger charge is 2.09. The van der Waals surface area contributed by atoms with Crippen molar-refractivity contribution in [3.8, 4) is 11.8 Å². The molecule has 2 aromatic rings. The third-order valence-electron chi connectivity index (χ3n) is 1.97. The lowest BCUT2D eigenvalue weighted by atomic mass is 10.2. The van der Waals surface area contributed by atoms with E-state index in [0.717, 1.165) is 16.9 Å². The molecule has 2 rings (SSSR count). The van der Waals surface area contributed by atoms with E-state index in [2.05, 4.69) is 11.8 Å². The van der Waals surface area contributed by atoms with Crippen LogP contribution in [0.3, 0.4) is 0 Å². The molecule has 0 amide bonds. The molecule has 0 bridgehead atoms. The van der Waals surface area contributed by atoms with Crippen LogP contribution in [0.15, 0.2) is 46.7 Å². The van der Waals surface area contributed by atoms with Crippen LogP contribution < -0.4 is 5.14 Å². The summed E-state index contributed by atoms with van der Waals surface area (Å²) in [5.41, 5.74) is 0.887. The summed E-state index contributed by atoms with van der Waals surface area (Å²) in [5, 5.41) is 5.01. The fraction of sp³-hybridized carbons (Fsp3) is 0. The molecular formula is C12H9NO2S2. The van der Waals surface area contributed by atoms with Gasteiger partial charge in [-0.05, 0) is 24.3 Å². The predicted molar refractivity (Wildman–Crippen MR) is 68.1 cm³/mol. The van der Waals surface area contributed by atoms with E-state index in [1.807, 2.05) is 30.3 Å². The Hall–Kier alpha value is -1.61. The highest BCUT2D eigenvalue weighted by Crippen LogP contribution is 2.19. The van der Waals surface area contributed by atoms with Gasteiger partial charge in [-0.3, -0.25) is 0 Å². The van der Waals surface area contributed by atoms with Gasteiger partial charge in [0.05, 0.1) is 4.88 Å². The molecule has 0 radical (unpaired) electrons. The molecule has 1 aromatic carbocycles. The van der Waals surface area contributed by atoms with Crippen LogP contribution >= 0.6 is 11.3 Å². The van der Waals surface area contributed by atoms with Gasteiger partial charge >= 0.3 is 0 Å². The Morgan fingerprint density at radius 2 is 1.71 bits per heavy atom. The Kier molecular flexibility index (Phi) is 3.29. The standard InChI is InChI=1S/C12H9NO2S2/c13-17(14,15)12-9-8-11(16-12)7-6-10-4-2-1-3-5-10/h1-5,8-9H,(H2,13,14,15). The maximum absolute atomic E-state index is 11.1. The number of hydrogen-bond acceptors (Lipinski definition) is 3. The minimum Gasteiger partial charge on any atom is -0.224 e. The third-order valence-corrected chi connectivity index (χ3v) is 4.40. The quantitative estimate of drug-likeness (QED) is 0.797. The second-order valence-electron chi connectivity index (χ2n) is 3.28. The van der Waals surface area contributed by atoms with E-state index in [4.69, 9.17) is 5.14 Å². The summed E-state index contributed by atoms with van der Waals surface area (Å²) in [6, 6.07) is 12.6. The van der Waals surface area contributed by atoms with Crippen LogP contribution in [-0.2, 0) is 10.0 Å². The summed E-state index contributed by atoms with van der Waals surface area (Å²) >= 11 is 1.07. The van der Waals surface area contributed by atoms with Gasteiger partial charge < -0.3 is 0 Å². The van der Waals surface area contributed by atoms with Crippen LogP contribution in [0.1, 0.15) is 10.4 Å². The Labute approximate surface area is 104 Å². The second-order valence-corrected chi connectivity index (χ2v) is 6.15. The van der Waals surface area contributed by atoms with E-state index < -0.39 is 10.0 Å². The molecule has 0 fully saturated rings. The van der Waals surface area contributed by atoms with Gasteiger partial charge in [0.1, 0.15) is 4.21 Å². The van der Waals surface area contributed by atoms with Gasteiger partial charge in [0.15, 0.2) is 0 Å². The molecule has 0 aliphatic rings. The zero-order valence-electron chi connectivity index (χ0n) is 8.75. The molecule has 0 spiro atoms. The van der Waals surface area contributed by atoms with Crippen LogP contribution in [-0.4, -0.2) is 8.42 Å². The molecule has 17 heavy (non-hydrogen) atoms. The molecule has 3 nitrogen and oxygen atoms in total. The first kappa shape index (κ1) is 11.9. The number of benzene rings is 1. The minimum absolute atomic E-state index is 0.134. The van der Waals surface area contributed by atoms with Crippen molar-refractivity contribution in [2.75, 3.05) is 0 Å². The first-order chi connectivity index (χ1) is 8.05. The van der Waals surface area contributed by atoms with Gasteiger partial charge in [0.25, 0.3) is 0 Å². The van der Waals surface area contributed by atoms with Crippen LogP contribution in [0, 0.1) is 11.8 Å². The van der Waals surface area contributed by atoms with Crippen molar-refractivity contribution in [3.63, 3.8) is 0 Å². The monoisotopic (exact) mass is 263 g/mol.